The van der Waals surface area contributed by atoms with Crippen LogP contribution in [0.4, 0.5) is 15.8 Å². The zero-order chi connectivity index (χ0) is 25.5. The van der Waals surface area contributed by atoms with Crippen LogP contribution in [0.3, 0.4) is 0 Å². The van der Waals surface area contributed by atoms with Gasteiger partial charge in [-0.1, -0.05) is 25.1 Å². The summed E-state index contributed by atoms with van der Waals surface area (Å²) in [6, 6.07) is 18.0. The molecule has 186 valence electrons. The predicted octanol–water partition coefficient (Wildman–Crippen LogP) is 4.79. The minimum atomic E-state index is -0.382. The minimum Gasteiger partial charge on any atom is -0.485 e. The molecule has 2 amide bonds. The van der Waals surface area contributed by atoms with Gasteiger partial charge in [-0.3, -0.25) is 14.4 Å². The molecule has 4 rings (SSSR count). The molecule has 0 fully saturated rings. The molecule has 0 radical (unpaired) electrons. The quantitative estimate of drug-likeness (QED) is 0.413. The van der Waals surface area contributed by atoms with Crippen LogP contribution in [-0.4, -0.2) is 37.4 Å². The van der Waals surface area contributed by atoms with Gasteiger partial charge in [-0.15, -0.1) is 0 Å². The molecule has 3 aromatic carbocycles. The average Bonchev–Trinajstić information content (AvgIpc) is 2.89. The third-order valence-corrected chi connectivity index (χ3v) is 5.85. The number of halogens is 1. The first-order chi connectivity index (χ1) is 17.4. The number of hydrogen-bond acceptors (Lipinski definition) is 5. The first kappa shape index (κ1) is 24.9. The number of rotatable bonds is 10. The van der Waals surface area contributed by atoms with Crippen molar-refractivity contribution >= 4 is 29.0 Å². The topological polar surface area (TPSA) is 84.9 Å². The smallest absolute Gasteiger partial charge is 0.265 e. The van der Waals surface area contributed by atoms with Crippen LogP contribution in [0.1, 0.15) is 35.7 Å². The van der Waals surface area contributed by atoms with E-state index in [-0.39, 0.29) is 49.6 Å². The summed E-state index contributed by atoms with van der Waals surface area (Å²) in [6.07, 6.45) is 1.35. The van der Waals surface area contributed by atoms with E-state index in [1.165, 1.54) is 29.2 Å². The van der Waals surface area contributed by atoms with Gasteiger partial charge in [0.05, 0.1) is 5.69 Å². The Kier molecular flexibility index (Phi) is 7.95. The molecule has 36 heavy (non-hydrogen) atoms. The highest BCUT2D eigenvalue weighted by Crippen LogP contribution is 2.33. The first-order valence-corrected chi connectivity index (χ1v) is 11.8. The van der Waals surface area contributed by atoms with Crippen molar-refractivity contribution in [1.29, 1.82) is 0 Å². The van der Waals surface area contributed by atoms with Gasteiger partial charge in [-0.25, -0.2) is 4.39 Å². The molecule has 0 saturated heterocycles. The van der Waals surface area contributed by atoms with Crippen LogP contribution in [0, 0.1) is 5.82 Å². The normalized spacial score (nSPS) is 12.5. The number of fused-ring (bicyclic) bond motifs is 1. The Morgan fingerprint density at radius 3 is 2.64 bits per heavy atom. The third-order valence-electron chi connectivity index (χ3n) is 5.85. The lowest BCUT2D eigenvalue weighted by Gasteiger charge is -2.29. The summed E-state index contributed by atoms with van der Waals surface area (Å²) >= 11 is 0. The van der Waals surface area contributed by atoms with Crippen molar-refractivity contribution in [2.24, 2.45) is 0 Å². The number of para-hydroxylation sites is 1. The van der Waals surface area contributed by atoms with E-state index in [1.54, 1.807) is 18.2 Å². The van der Waals surface area contributed by atoms with Crippen molar-refractivity contribution in [3.8, 4) is 11.5 Å². The number of nitrogens with zero attached hydrogens (tertiary/aromatic N) is 1. The molecular formula is C28H27FN2O5. The highest BCUT2D eigenvalue weighted by Gasteiger charge is 2.26. The van der Waals surface area contributed by atoms with Gasteiger partial charge < -0.3 is 19.7 Å². The Balaban J connectivity index is 1.38. The second kappa shape index (κ2) is 11.5. The van der Waals surface area contributed by atoms with Gasteiger partial charge in [0, 0.05) is 24.2 Å². The number of benzene rings is 3. The lowest BCUT2D eigenvalue weighted by atomic mass is 10.1. The van der Waals surface area contributed by atoms with Crippen LogP contribution in [0.2, 0.25) is 0 Å². The van der Waals surface area contributed by atoms with Crippen molar-refractivity contribution in [3.63, 3.8) is 0 Å². The largest absolute Gasteiger partial charge is 0.485 e. The highest BCUT2D eigenvalue weighted by molar-refractivity contribution is 6.02. The Hall–Kier alpha value is -4.20. The van der Waals surface area contributed by atoms with Gasteiger partial charge in [0.15, 0.2) is 19.0 Å². The second-order valence-corrected chi connectivity index (χ2v) is 8.35. The average molecular weight is 491 g/mol. The van der Waals surface area contributed by atoms with Crippen LogP contribution >= 0.6 is 0 Å². The summed E-state index contributed by atoms with van der Waals surface area (Å²) in [5.41, 5.74) is 2.41. The minimum absolute atomic E-state index is 0.112. The molecule has 0 atom stereocenters. The standard InChI is InChI=1S/C28H27FN2O5/c1-2-19-6-3-4-7-25(19)35-17-24(32)20-9-14-26-23(16-20)31(28(34)18-36-26)15-5-8-27(33)30-22-12-10-21(29)11-13-22/h3-4,6-7,9-14,16H,2,5,8,15,17-18H2,1H3,(H,30,33). The first-order valence-electron chi connectivity index (χ1n) is 11.8. The molecule has 8 heteroatoms. The molecular weight excluding hydrogens is 463 g/mol. The number of aryl methyl sites for hydroxylation is 1. The van der Waals surface area contributed by atoms with Crippen LogP contribution in [-0.2, 0) is 16.0 Å². The number of Topliss-reactive ketones (excluding diaryl/α,β-unsaturated/α-hetero) is 1. The molecule has 0 aromatic heterocycles. The number of carbonyl (C=O) groups is 3. The van der Waals surface area contributed by atoms with Crippen molar-refractivity contribution in [2.75, 3.05) is 30.0 Å². The highest BCUT2D eigenvalue weighted by atomic mass is 19.1. The van der Waals surface area contributed by atoms with Crippen LogP contribution in [0.25, 0.3) is 0 Å². The maximum Gasteiger partial charge on any atom is 0.265 e. The van der Waals surface area contributed by atoms with Gasteiger partial charge in [-0.05, 0) is 66.9 Å². The maximum absolute atomic E-state index is 13.0. The van der Waals surface area contributed by atoms with Gasteiger partial charge in [0.25, 0.3) is 5.91 Å². The fourth-order valence-electron chi connectivity index (χ4n) is 3.94. The number of amides is 2. The van der Waals surface area contributed by atoms with Gasteiger partial charge in [0.1, 0.15) is 17.3 Å². The summed E-state index contributed by atoms with van der Waals surface area (Å²) in [7, 11) is 0. The van der Waals surface area contributed by atoms with Crippen molar-refractivity contribution in [1.82, 2.24) is 0 Å². The molecule has 0 aliphatic carbocycles. The molecule has 0 saturated carbocycles. The van der Waals surface area contributed by atoms with Crippen LogP contribution in [0.15, 0.2) is 66.7 Å². The summed E-state index contributed by atoms with van der Waals surface area (Å²) in [5.74, 6) is 0.0766. The summed E-state index contributed by atoms with van der Waals surface area (Å²) in [6.45, 7) is 2.06. The van der Waals surface area contributed by atoms with Crippen LogP contribution in [0.5, 0.6) is 11.5 Å². The molecule has 0 unspecified atom stereocenters. The molecule has 3 aromatic rings. The second-order valence-electron chi connectivity index (χ2n) is 8.35. The number of hydrogen-bond donors (Lipinski definition) is 1. The lowest BCUT2D eigenvalue weighted by molar-refractivity contribution is -0.121. The SMILES string of the molecule is CCc1ccccc1OCC(=O)c1ccc2c(c1)N(CCCC(=O)Nc1ccc(F)cc1)C(=O)CO2. The van der Waals surface area contributed by atoms with Gasteiger partial charge >= 0.3 is 0 Å². The number of nitrogens with one attached hydrogen (secondary N) is 1. The van der Waals surface area contributed by atoms with E-state index in [9.17, 15) is 18.8 Å². The van der Waals surface area contributed by atoms with E-state index in [0.717, 1.165) is 12.0 Å². The zero-order valence-electron chi connectivity index (χ0n) is 20.0. The molecule has 1 aliphatic rings. The molecule has 0 bridgehead atoms. The zero-order valence-corrected chi connectivity index (χ0v) is 20.0. The Labute approximate surface area is 208 Å². The van der Waals surface area contributed by atoms with Crippen molar-refractivity contribution < 1.29 is 28.2 Å². The van der Waals surface area contributed by atoms with E-state index < -0.39 is 0 Å². The number of carbonyl (C=O) groups excluding carboxylic acids is 3. The predicted molar refractivity (Wildman–Crippen MR) is 134 cm³/mol. The van der Waals surface area contributed by atoms with E-state index in [1.807, 2.05) is 31.2 Å². The van der Waals surface area contributed by atoms with E-state index in [4.69, 9.17) is 9.47 Å². The van der Waals surface area contributed by atoms with Gasteiger partial charge in [0.2, 0.25) is 5.91 Å². The summed E-state index contributed by atoms with van der Waals surface area (Å²) in [5, 5.41) is 2.70. The van der Waals surface area contributed by atoms with E-state index in [0.29, 0.717) is 34.9 Å². The van der Waals surface area contributed by atoms with E-state index >= 15 is 0 Å². The maximum atomic E-state index is 13.0. The molecule has 1 aliphatic heterocycles. The Bertz CT molecular complexity index is 1260. The molecule has 1 heterocycles. The number of anilines is 2. The van der Waals surface area contributed by atoms with Gasteiger partial charge in [-0.2, -0.15) is 0 Å². The summed E-state index contributed by atoms with van der Waals surface area (Å²) in [4.78, 5) is 39.2. The van der Waals surface area contributed by atoms with Crippen molar-refractivity contribution in [2.45, 2.75) is 26.2 Å². The fourth-order valence-corrected chi connectivity index (χ4v) is 3.94. The van der Waals surface area contributed by atoms with Crippen molar-refractivity contribution in [3.05, 3.63) is 83.7 Å². The molecule has 0 spiro atoms. The Morgan fingerprint density at radius 2 is 1.86 bits per heavy atom. The molecule has 7 nitrogen and oxygen atoms in total. The lowest BCUT2D eigenvalue weighted by Crippen LogP contribution is -2.39. The summed E-state index contributed by atoms with van der Waals surface area (Å²) < 4.78 is 24.3. The monoisotopic (exact) mass is 490 g/mol. The number of ketones is 1. The molecule has 1 N–H and O–H groups in total. The number of ether oxygens (including phenoxy) is 2. The van der Waals surface area contributed by atoms with Crippen LogP contribution < -0.4 is 19.7 Å². The third kappa shape index (κ3) is 6.07. The Morgan fingerprint density at radius 1 is 1.08 bits per heavy atom. The fraction of sp³-hybridized carbons (Fsp3) is 0.250. The van der Waals surface area contributed by atoms with E-state index in [2.05, 4.69) is 5.32 Å².